The zero-order valence-corrected chi connectivity index (χ0v) is 11.5. The van der Waals surface area contributed by atoms with E-state index in [1.165, 1.54) is 11.9 Å². The average molecular weight is 304 g/mol. The fourth-order valence-electron chi connectivity index (χ4n) is 2.03. The number of carbonyl (C=O) groups excluding carboxylic acids is 1. The van der Waals surface area contributed by atoms with Crippen molar-refractivity contribution in [3.8, 4) is 0 Å². The molecular weight excluding hydrogens is 293 g/mol. The summed E-state index contributed by atoms with van der Waals surface area (Å²) < 4.78 is 5.09. The Balaban J connectivity index is 2.49. The molecule has 1 aliphatic heterocycles. The molecule has 1 aromatic rings. The maximum Gasteiger partial charge on any atom is 0.335 e. The van der Waals surface area contributed by atoms with Gasteiger partial charge in [0.05, 0.1) is 6.04 Å². The second-order valence-corrected chi connectivity index (χ2v) is 5.03. The van der Waals surface area contributed by atoms with Crippen LogP contribution in [0.2, 0.25) is 10.0 Å². The molecule has 7 heteroatoms. The van der Waals surface area contributed by atoms with E-state index in [-0.39, 0.29) is 12.5 Å². The first-order valence-corrected chi connectivity index (χ1v) is 6.22. The van der Waals surface area contributed by atoms with Crippen LogP contribution < -0.4 is 0 Å². The number of hydrogen-bond acceptors (Lipinski definition) is 3. The first kappa shape index (κ1) is 14.1. The Kier molecular flexibility index (Phi) is 3.99. The minimum atomic E-state index is -1.17. The number of carbonyl (C=O) groups is 2. The molecule has 2 atom stereocenters. The highest BCUT2D eigenvalue weighted by Gasteiger charge is 2.41. The van der Waals surface area contributed by atoms with Gasteiger partial charge in [-0.2, -0.15) is 0 Å². The number of ether oxygens (including phenoxy) is 1. The van der Waals surface area contributed by atoms with E-state index in [4.69, 9.17) is 27.9 Å². The molecule has 5 nitrogen and oxygen atoms in total. The van der Waals surface area contributed by atoms with Gasteiger partial charge in [-0.3, -0.25) is 4.79 Å². The van der Waals surface area contributed by atoms with Gasteiger partial charge >= 0.3 is 5.97 Å². The van der Waals surface area contributed by atoms with E-state index < -0.39 is 18.1 Å². The van der Waals surface area contributed by atoms with E-state index in [1.54, 1.807) is 18.2 Å². The lowest BCUT2D eigenvalue weighted by atomic mass is 9.98. The van der Waals surface area contributed by atoms with Crippen LogP contribution in [0.25, 0.3) is 0 Å². The van der Waals surface area contributed by atoms with E-state index in [0.717, 1.165) is 0 Å². The van der Waals surface area contributed by atoms with Crippen molar-refractivity contribution in [3.63, 3.8) is 0 Å². The van der Waals surface area contributed by atoms with Crippen LogP contribution in [0.15, 0.2) is 18.2 Å². The highest BCUT2D eigenvalue weighted by atomic mass is 35.5. The number of morpholine rings is 1. The molecule has 19 heavy (non-hydrogen) atoms. The lowest BCUT2D eigenvalue weighted by Crippen LogP contribution is -2.50. The molecule has 1 amide bonds. The number of carboxylic acid groups (broad SMARTS) is 1. The van der Waals surface area contributed by atoms with Gasteiger partial charge < -0.3 is 14.7 Å². The van der Waals surface area contributed by atoms with Gasteiger partial charge in [-0.15, -0.1) is 0 Å². The van der Waals surface area contributed by atoms with Crippen molar-refractivity contribution in [2.24, 2.45) is 0 Å². The average Bonchev–Trinajstić information content (AvgIpc) is 2.35. The molecule has 1 aromatic carbocycles. The molecular formula is C12H11Cl2NO4. The number of likely N-dealkylation sites (N-methyl/N-ethyl adjacent to an activating group) is 1. The lowest BCUT2D eigenvalue weighted by molar-refractivity contribution is -0.171. The molecule has 0 bridgehead atoms. The third-order valence-corrected chi connectivity index (χ3v) is 3.58. The summed E-state index contributed by atoms with van der Waals surface area (Å²) in [5.74, 6) is -1.46. The summed E-state index contributed by atoms with van der Waals surface area (Å²) in [4.78, 5) is 24.2. The molecule has 2 rings (SSSR count). The molecule has 1 N–H and O–H groups in total. The van der Waals surface area contributed by atoms with E-state index >= 15 is 0 Å². The van der Waals surface area contributed by atoms with Gasteiger partial charge in [-0.05, 0) is 23.8 Å². The van der Waals surface area contributed by atoms with Crippen molar-refractivity contribution in [1.82, 2.24) is 4.90 Å². The number of benzene rings is 1. The van der Waals surface area contributed by atoms with Gasteiger partial charge in [-0.1, -0.05) is 23.2 Å². The highest BCUT2D eigenvalue weighted by molar-refractivity contribution is 6.33. The Morgan fingerprint density at radius 2 is 2.16 bits per heavy atom. The predicted molar refractivity (Wildman–Crippen MR) is 69.3 cm³/mol. The molecule has 1 fully saturated rings. The van der Waals surface area contributed by atoms with Crippen molar-refractivity contribution >= 4 is 35.1 Å². The first-order valence-electron chi connectivity index (χ1n) is 5.47. The summed E-state index contributed by atoms with van der Waals surface area (Å²) in [5.41, 5.74) is 0.456. The molecule has 1 saturated heterocycles. The quantitative estimate of drug-likeness (QED) is 0.907. The monoisotopic (exact) mass is 303 g/mol. The molecule has 2 unspecified atom stereocenters. The SMILES string of the molecule is CN1C(=O)COC(C(=O)O)C1c1cc(Cl)ccc1Cl. The molecule has 0 aliphatic carbocycles. The fourth-order valence-corrected chi connectivity index (χ4v) is 2.44. The largest absolute Gasteiger partial charge is 0.479 e. The zero-order chi connectivity index (χ0) is 14.2. The molecule has 0 radical (unpaired) electrons. The second kappa shape index (κ2) is 5.36. The standard InChI is InChI=1S/C12H11Cl2NO4/c1-15-9(16)5-19-11(12(17)18)10(15)7-4-6(13)2-3-8(7)14/h2-4,10-11H,5H2,1H3,(H,17,18). The predicted octanol–water partition coefficient (Wildman–Crippen LogP) is 1.98. The number of carboxylic acids is 1. The third-order valence-electron chi connectivity index (χ3n) is 3.00. The van der Waals surface area contributed by atoms with Crippen molar-refractivity contribution in [2.45, 2.75) is 12.1 Å². The Bertz CT molecular complexity index is 534. The molecule has 0 spiro atoms. The molecule has 1 heterocycles. The summed E-state index contributed by atoms with van der Waals surface area (Å²) in [6.45, 7) is -0.262. The van der Waals surface area contributed by atoms with Gasteiger partial charge in [0.2, 0.25) is 5.91 Å². The maximum atomic E-state index is 11.7. The number of aliphatic carboxylic acids is 1. The number of rotatable bonds is 2. The van der Waals surface area contributed by atoms with Crippen LogP contribution in [0.5, 0.6) is 0 Å². The Hall–Kier alpha value is -1.30. The summed E-state index contributed by atoms with van der Waals surface area (Å²) >= 11 is 12.0. The smallest absolute Gasteiger partial charge is 0.335 e. The molecule has 1 aliphatic rings. The van der Waals surface area contributed by atoms with Gasteiger partial charge in [0.25, 0.3) is 0 Å². The van der Waals surface area contributed by atoms with Crippen LogP contribution >= 0.6 is 23.2 Å². The van der Waals surface area contributed by atoms with Crippen LogP contribution in [0.3, 0.4) is 0 Å². The van der Waals surface area contributed by atoms with Crippen molar-refractivity contribution in [3.05, 3.63) is 33.8 Å². The summed E-state index contributed by atoms with van der Waals surface area (Å²) in [6.07, 6.45) is -1.17. The van der Waals surface area contributed by atoms with E-state index in [0.29, 0.717) is 15.6 Å². The topological polar surface area (TPSA) is 66.8 Å². The summed E-state index contributed by atoms with van der Waals surface area (Å²) in [5, 5.41) is 9.95. The van der Waals surface area contributed by atoms with Crippen LogP contribution in [0, 0.1) is 0 Å². The van der Waals surface area contributed by atoms with Crippen molar-refractivity contribution in [1.29, 1.82) is 0 Å². The molecule has 0 aromatic heterocycles. The lowest BCUT2D eigenvalue weighted by Gasteiger charge is -2.37. The number of nitrogens with zero attached hydrogens (tertiary/aromatic N) is 1. The first-order chi connectivity index (χ1) is 8.91. The highest BCUT2D eigenvalue weighted by Crippen LogP contribution is 2.35. The van der Waals surface area contributed by atoms with Crippen LogP contribution in [0.1, 0.15) is 11.6 Å². The zero-order valence-electron chi connectivity index (χ0n) is 9.97. The number of hydrogen-bond donors (Lipinski definition) is 1. The Morgan fingerprint density at radius 1 is 1.47 bits per heavy atom. The van der Waals surface area contributed by atoms with Crippen molar-refractivity contribution in [2.75, 3.05) is 13.7 Å². The van der Waals surface area contributed by atoms with Gasteiger partial charge in [0.15, 0.2) is 6.10 Å². The Labute approximate surface area is 119 Å². The number of amides is 1. The van der Waals surface area contributed by atoms with E-state index in [2.05, 4.69) is 0 Å². The fraction of sp³-hybridized carbons (Fsp3) is 0.333. The van der Waals surface area contributed by atoms with Gasteiger partial charge in [-0.25, -0.2) is 4.79 Å². The second-order valence-electron chi connectivity index (χ2n) is 4.19. The summed E-state index contributed by atoms with van der Waals surface area (Å²) in [7, 11) is 1.52. The third kappa shape index (κ3) is 2.68. The van der Waals surface area contributed by atoms with Crippen LogP contribution in [-0.2, 0) is 14.3 Å². The minimum Gasteiger partial charge on any atom is -0.479 e. The molecule has 0 saturated carbocycles. The maximum absolute atomic E-state index is 11.7. The van der Waals surface area contributed by atoms with Crippen LogP contribution in [0.4, 0.5) is 0 Å². The van der Waals surface area contributed by atoms with Gasteiger partial charge in [0, 0.05) is 17.1 Å². The normalized spacial score (nSPS) is 23.5. The summed E-state index contributed by atoms with van der Waals surface area (Å²) in [6, 6.07) is 3.90. The Morgan fingerprint density at radius 3 is 2.79 bits per heavy atom. The van der Waals surface area contributed by atoms with E-state index in [1.807, 2.05) is 0 Å². The van der Waals surface area contributed by atoms with Gasteiger partial charge in [0.1, 0.15) is 6.61 Å². The van der Waals surface area contributed by atoms with Crippen molar-refractivity contribution < 1.29 is 19.4 Å². The van der Waals surface area contributed by atoms with Crippen LogP contribution in [-0.4, -0.2) is 41.6 Å². The van der Waals surface area contributed by atoms with E-state index in [9.17, 15) is 14.7 Å². The molecule has 102 valence electrons. The minimum absolute atomic E-state index is 0.262. The number of halogens is 2.